The lowest BCUT2D eigenvalue weighted by atomic mass is 9.95. The number of aryl methyl sites for hydroxylation is 1. The van der Waals surface area contributed by atoms with Gasteiger partial charge in [-0.25, -0.2) is 0 Å². The molecule has 0 bridgehead atoms. The van der Waals surface area contributed by atoms with Gasteiger partial charge in [-0.3, -0.25) is 0 Å². The summed E-state index contributed by atoms with van der Waals surface area (Å²) in [5.74, 6) is 0.748. The van der Waals surface area contributed by atoms with Gasteiger partial charge in [0, 0.05) is 6.54 Å². The smallest absolute Gasteiger partial charge is 0.136 e. The number of hydrogen-bond donors (Lipinski definition) is 2. The van der Waals surface area contributed by atoms with E-state index in [9.17, 15) is 5.11 Å². The highest BCUT2D eigenvalue weighted by Gasteiger charge is 2.28. The Bertz CT molecular complexity index is 539. The van der Waals surface area contributed by atoms with E-state index in [1.165, 1.54) is 5.56 Å². The van der Waals surface area contributed by atoms with Gasteiger partial charge in [0.15, 0.2) is 0 Å². The molecular weight excluding hydrogens is 262 g/mol. The van der Waals surface area contributed by atoms with E-state index in [2.05, 4.69) is 19.1 Å². The Balaban J connectivity index is 2.03. The maximum Gasteiger partial charge on any atom is 0.136 e. The van der Waals surface area contributed by atoms with Gasteiger partial charge in [-0.2, -0.15) is 0 Å². The molecule has 1 unspecified atom stereocenters. The van der Waals surface area contributed by atoms with E-state index in [1.54, 1.807) is 0 Å². The van der Waals surface area contributed by atoms with Crippen LogP contribution in [-0.2, 0) is 12.0 Å². The molecule has 0 aliphatic heterocycles. The molecule has 3 heteroatoms. The van der Waals surface area contributed by atoms with E-state index in [0.29, 0.717) is 0 Å². The summed E-state index contributed by atoms with van der Waals surface area (Å²) in [6, 6.07) is 17.4. The monoisotopic (exact) mass is 285 g/mol. The van der Waals surface area contributed by atoms with Crippen molar-refractivity contribution >= 4 is 0 Å². The highest BCUT2D eigenvalue weighted by Crippen LogP contribution is 2.22. The zero-order valence-electron chi connectivity index (χ0n) is 12.5. The lowest BCUT2D eigenvalue weighted by molar-refractivity contribution is -0.00145. The van der Waals surface area contributed by atoms with Crippen LogP contribution in [0.1, 0.15) is 24.5 Å². The molecule has 2 aromatic carbocycles. The molecule has 0 radical (unpaired) electrons. The van der Waals surface area contributed by atoms with Crippen LogP contribution in [0.15, 0.2) is 54.6 Å². The Hall–Kier alpha value is -1.84. The second-order valence-corrected chi connectivity index (χ2v) is 5.28. The molecule has 0 spiro atoms. The van der Waals surface area contributed by atoms with Crippen LogP contribution in [0, 0.1) is 0 Å². The van der Waals surface area contributed by atoms with Crippen molar-refractivity contribution in [2.24, 2.45) is 5.73 Å². The van der Waals surface area contributed by atoms with Crippen LogP contribution in [0.3, 0.4) is 0 Å². The first-order valence-corrected chi connectivity index (χ1v) is 7.37. The second-order valence-electron chi connectivity index (χ2n) is 5.28. The SMILES string of the molecule is CCCc1ccc(OCC(O)(CN)c2ccccc2)cc1. The molecule has 0 amide bonds. The number of hydrogen-bond acceptors (Lipinski definition) is 3. The third kappa shape index (κ3) is 4.06. The fourth-order valence-electron chi connectivity index (χ4n) is 2.25. The van der Waals surface area contributed by atoms with Crippen LogP contribution < -0.4 is 10.5 Å². The van der Waals surface area contributed by atoms with E-state index >= 15 is 0 Å². The highest BCUT2D eigenvalue weighted by atomic mass is 16.5. The normalized spacial score (nSPS) is 13.7. The summed E-state index contributed by atoms with van der Waals surface area (Å²) in [5.41, 5.74) is 6.64. The Morgan fingerprint density at radius 1 is 1.05 bits per heavy atom. The van der Waals surface area contributed by atoms with Crippen molar-refractivity contribution in [3.63, 3.8) is 0 Å². The van der Waals surface area contributed by atoms with Crippen molar-refractivity contribution in [2.75, 3.05) is 13.2 Å². The summed E-state index contributed by atoms with van der Waals surface area (Å²) in [7, 11) is 0. The molecule has 0 saturated heterocycles. The van der Waals surface area contributed by atoms with Gasteiger partial charge in [0.1, 0.15) is 18.0 Å². The molecule has 2 aromatic rings. The zero-order valence-corrected chi connectivity index (χ0v) is 12.5. The standard InChI is InChI=1S/C18H23NO2/c1-2-6-15-9-11-17(12-10-15)21-14-18(20,13-19)16-7-4-3-5-8-16/h3-5,7-12,20H,2,6,13-14,19H2,1H3. The fraction of sp³-hybridized carbons (Fsp3) is 0.333. The minimum absolute atomic E-state index is 0.116. The van der Waals surface area contributed by atoms with E-state index < -0.39 is 5.60 Å². The van der Waals surface area contributed by atoms with Crippen molar-refractivity contribution in [3.8, 4) is 5.75 Å². The lowest BCUT2D eigenvalue weighted by Gasteiger charge is -2.27. The highest BCUT2D eigenvalue weighted by molar-refractivity contribution is 5.28. The molecule has 0 heterocycles. The lowest BCUT2D eigenvalue weighted by Crippen LogP contribution is -2.40. The number of benzene rings is 2. The first-order chi connectivity index (χ1) is 10.2. The molecule has 0 aromatic heterocycles. The molecule has 3 N–H and O–H groups in total. The molecule has 112 valence electrons. The topological polar surface area (TPSA) is 55.5 Å². The van der Waals surface area contributed by atoms with Gasteiger partial charge in [-0.1, -0.05) is 55.8 Å². The van der Waals surface area contributed by atoms with E-state index in [4.69, 9.17) is 10.5 Å². The predicted molar refractivity (Wildman–Crippen MR) is 85.3 cm³/mol. The average Bonchev–Trinajstić information content (AvgIpc) is 2.55. The first kappa shape index (κ1) is 15.5. The van der Waals surface area contributed by atoms with E-state index in [0.717, 1.165) is 24.2 Å². The average molecular weight is 285 g/mol. The van der Waals surface area contributed by atoms with Gasteiger partial charge in [0.25, 0.3) is 0 Å². The summed E-state index contributed by atoms with van der Waals surface area (Å²) in [5, 5.41) is 10.6. The summed E-state index contributed by atoms with van der Waals surface area (Å²) in [6.45, 7) is 2.41. The minimum Gasteiger partial charge on any atom is -0.490 e. The molecule has 0 saturated carbocycles. The van der Waals surface area contributed by atoms with Gasteiger partial charge < -0.3 is 15.6 Å². The van der Waals surface area contributed by atoms with Gasteiger partial charge in [0.05, 0.1) is 0 Å². The Morgan fingerprint density at radius 2 is 1.71 bits per heavy atom. The third-order valence-corrected chi connectivity index (χ3v) is 3.59. The Labute approximate surface area is 126 Å². The van der Waals surface area contributed by atoms with E-state index in [-0.39, 0.29) is 13.2 Å². The minimum atomic E-state index is -1.16. The van der Waals surface area contributed by atoms with Crippen molar-refractivity contribution in [1.82, 2.24) is 0 Å². The first-order valence-electron chi connectivity index (χ1n) is 7.37. The van der Waals surface area contributed by atoms with E-state index in [1.807, 2.05) is 42.5 Å². The Morgan fingerprint density at radius 3 is 2.29 bits per heavy atom. The van der Waals surface area contributed by atoms with Crippen molar-refractivity contribution < 1.29 is 9.84 Å². The van der Waals surface area contributed by atoms with Gasteiger partial charge >= 0.3 is 0 Å². The molecule has 0 aliphatic rings. The van der Waals surface area contributed by atoms with Gasteiger partial charge in [0.2, 0.25) is 0 Å². The quantitative estimate of drug-likeness (QED) is 0.822. The summed E-state index contributed by atoms with van der Waals surface area (Å²) in [4.78, 5) is 0. The van der Waals surface area contributed by atoms with Crippen LogP contribution in [0.5, 0.6) is 5.75 Å². The molecule has 3 nitrogen and oxygen atoms in total. The molecule has 1 atom stereocenters. The number of aliphatic hydroxyl groups is 1. The van der Waals surface area contributed by atoms with Gasteiger partial charge in [-0.05, 0) is 29.7 Å². The predicted octanol–water partition coefficient (Wildman–Crippen LogP) is 2.86. The number of ether oxygens (including phenoxy) is 1. The summed E-state index contributed by atoms with van der Waals surface area (Å²) < 4.78 is 5.72. The maximum absolute atomic E-state index is 10.6. The summed E-state index contributed by atoms with van der Waals surface area (Å²) in [6.07, 6.45) is 2.19. The van der Waals surface area contributed by atoms with Crippen LogP contribution in [0.25, 0.3) is 0 Å². The molecule has 21 heavy (non-hydrogen) atoms. The molecule has 2 rings (SSSR count). The van der Waals surface area contributed by atoms with Gasteiger partial charge in [-0.15, -0.1) is 0 Å². The number of rotatable bonds is 7. The largest absolute Gasteiger partial charge is 0.490 e. The summed E-state index contributed by atoms with van der Waals surface area (Å²) >= 11 is 0. The van der Waals surface area contributed by atoms with Crippen LogP contribution in [-0.4, -0.2) is 18.3 Å². The van der Waals surface area contributed by atoms with Crippen molar-refractivity contribution in [3.05, 3.63) is 65.7 Å². The fourth-order valence-corrected chi connectivity index (χ4v) is 2.25. The van der Waals surface area contributed by atoms with Crippen LogP contribution in [0.2, 0.25) is 0 Å². The maximum atomic E-state index is 10.6. The second kappa shape index (κ2) is 7.25. The number of nitrogens with two attached hydrogens (primary N) is 1. The molecular formula is C18H23NO2. The van der Waals surface area contributed by atoms with Crippen molar-refractivity contribution in [2.45, 2.75) is 25.4 Å². The zero-order chi connectivity index (χ0) is 15.1. The third-order valence-electron chi connectivity index (χ3n) is 3.59. The van der Waals surface area contributed by atoms with Crippen LogP contribution >= 0.6 is 0 Å². The van der Waals surface area contributed by atoms with Crippen LogP contribution in [0.4, 0.5) is 0 Å². The molecule has 0 fully saturated rings. The molecule has 0 aliphatic carbocycles. The Kier molecular flexibility index (Phi) is 5.37. The van der Waals surface area contributed by atoms with Crippen molar-refractivity contribution in [1.29, 1.82) is 0 Å².